The van der Waals surface area contributed by atoms with Crippen LogP contribution in [0, 0.1) is 13.8 Å². The van der Waals surface area contributed by atoms with Gasteiger partial charge in [-0.05, 0) is 55.8 Å². The van der Waals surface area contributed by atoms with Crippen LogP contribution in [0.5, 0.6) is 11.5 Å². The lowest BCUT2D eigenvalue weighted by Crippen LogP contribution is -2.11. The van der Waals surface area contributed by atoms with Crippen molar-refractivity contribution in [3.05, 3.63) is 89.6 Å². The number of nitrogens with zero attached hydrogens (tertiary/aromatic N) is 2. The van der Waals surface area contributed by atoms with Gasteiger partial charge >= 0.3 is 10.1 Å². The number of nitrogens with two attached hydrogens (primary N) is 1. The summed E-state index contributed by atoms with van der Waals surface area (Å²) in [5.74, 6) is 5.33. The normalized spacial score (nSPS) is 11.5. The predicted octanol–water partition coefficient (Wildman–Crippen LogP) is 4.02. The van der Waals surface area contributed by atoms with Gasteiger partial charge in [0.05, 0.1) is 16.3 Å². The SMILES string of the molecule is Cc1ccc(-c2cc(COc3cccc(C)c3O)nn2-c2ccc(S(=O)(=O)ON)cc2)cc1. The number of ether oxygens (including phenoxy) is 1. The molecular weight excluding hydrogens is 442 g/mol. The number of hydrogen-bond donors (Lipinski definition) is 2. The Morgan fingerprint density at radius 1 is 1.00 bits per heavy atom. The summed E-state index contributed by atoms with van der Waals surface area (Å²) in [7, 11) is -4.00. The standard InChI is InChI=1S/C24H23N3O5S/c1-16-6-8-18(9-7-16)22-14-19(15-31-23-5-3-4-17(2)24(23)28)26-27(22)20-10-12-21(13-11-20)33(29,30)32-25/h3-14,28H,15,25H2,1-2H3. The molecule has 0 fully saturated rings. The molecule has 3 N–H and O–H groups in total. The number of aromatic nitrogens is 2. The topological polar surface area (TPSA) is 117 Å². The van der Waals surface area contributed by atoms with E-state index >= 15 is 0 Å². The molecule has 0 aliphatic carbocycles. The van der Waals surface area contributed by atoms with Crippen molar-refractivity contribution in [3.63, 3.8) is 0 Å². The molecule has 4 rings (SSSR count). The van der Waals surface area contributed by atoms with Crippen LogP contribution in [-0.4, -0.2) is 23.3 Å². The third-order valence-electron chi connectivity index (χ3n) is 5.18. The van der Waals surface area contributed by atoms with E-state index in [9.17, 15) is 13.5 Å². The Morgan fingerprint density at radius 2 is 1.70 bits per heavy atom. The molecule has 9 heteroatoms. The van der Waals surface area contributed by atoms with E-state index in [0.29, 0.717) is 17.1 Å². The molecule has 0 amide bonds. The molecule has 0 atom stereocenters. The van der Waals surface area contributed by atoms with Gasteiger partial charge in [-0.15, -0.1) is 0 Å². The van der Waals surface area contributed by atoms with Crippen molar-refractivity contribution in [1.29, 1.82) is 0 Å². The van der Waals surface area contributed by atoms with Gasteiger partial charge in [-0.3, -0.25) is 0 Å². The summed E-state index contributed by atoms with van der Waals surface area (Å²) in [6, 6.07) is 21.2. The fourth-order valence-electron chi connectivity index (χ4n) is 3.34. The van der Waals surface area contributed by atoms with Gasteiger partial charge in [0.25, 0.3) is 0 Å². The summed E-state index contributed by atoms with van der Waals surface area (Å²) >= 11 is 0. The number of benzene rings is 3. The molecule has 0 unspecified atom stereocenters. The van der Waals surface area contributed by atoms with Gasteiger partial charge in [-0.2, -0.15) is 23.7 Å². The van der Waals surface area contributed by atoms with Crippen LogP contribution in [-0.2, 0) is 21.0 Å². The highest BCUT2D eigenvalue weighted by molar-refractivity contribution is 7.86. The van der Waals surface area contributed by atoms with E-state index in [4.69, 9.17) is 10.6 Å². The third-order valence-corrected chi connectivity index (χ3v) is 6.28. The number of phenols is 1. The van der Waals surface area contributed by atoms with E-state index in [1.54, 1.807) is 41.9 Å². The Balaban J connectivity index is 1.71. The number of rotatable bonds is 7. The average Bonchev–Trinajstić information content (AvgIpc) is 3.25. The molecule has 170 valence electrons. The van der Waals surface area contributed by atoms with Gasteiger partial charge in [0, 0.05) is 5.56 Å². The van der Waals surface area contributed by atoms with Crippen LogP contribution in [0.4, 0.5) is 0 Å². The van der Waals surface area contributed by atoms with Gasteiger partial charge in [-0.25, -0.2) is 4.68 Å². The van der Waals surface area contributed by atoms with Gasteiger partial charge in [0.1, 0.15) is 12.3 Å². The van der Waals surface area contributed by atoms with Crippen LogP contribution in [0.3, 0.4) is 0 Å². The summed E-state index contributed by atoms with van der Waals surface area (Å²) < 4.78 is 35.3. The maximum Gasteiger partial charge on any atom is 0.312 e. The number of phenolic OH excluding ortho intramolecular Hbond substituents is 1. The van der Waals surface area contributed by atoms with Crippen LogP contribution >= 0.6 is 0 Å². The summed E-state index contributed by atoms with van der Waals surface area (Å²) in [5.41, 5.74) is 4.85. The molecule has 1 aromatic heterocycles. The molecule has 1 heterocycles. The lowest BCUT2D eigenvalue weighted by atomic mass is 10.1. The molecule has 0 aliphatic heterocycles. The van der Waals surface area contributed by atoms with Crippen LogP contribution in [0.2, 0.25) is 0 Å². The van der Waals surface area contributed by atoms with Crippen molar-refractivity contribution in [1.82, 2.24) is 9.78 Å². The summed E-state index contributed by atoms with van der Waals surface area (Å²) in [6.45, 7) is 3.94. The zero-order valence-electron chi connectivity index (χ0n) is 18.1. The first-order valence-corrected chi connectivity index (χ1v) is 11.5. The van der Waals surface area contributed by atoms with Crippen LogP contribution in [0.1, 0.15) is 16.8 Å². The highest BCUT2D eigenvalue weighted by Crippen LogP contribution is 2.30. The smallest absolute Gasteiger partial charge is 0.312 e. The maximum atomic E-state index is 11.8. The van der Waals surface area contributed by atoms with E-state index in [-0.39, 0.29) is 17.3 Å². The Bertz CT molecular complexity index is 1380. The highest BCUT2D eigenvalue weighted by atomic mass is 32.2. The Morgan fingerprint density at radius 3 is 2.36 bits per heavy atom. The number of para-hydroxylation sites is 1. The van der Waals surface area contributed by atoms with Crippen LogP contribution in [0.15, 0.2) is 77.7 Å². The summed E-state index contributed by atoms with van der Waals surface area (Å²) in [6.07, 6.45) is 0. The van der Waals surface area contributed by atoms with E-state index in [1.165, 1.54) is 12.1 Å². The average molecular weight is 466 g/mol. The largest absolute Gasteiger partial charge is 0.504 e. The van der Waals surface area contributed by atoms with Crippen molar-refractivity contribution in [2.24, 2.45) is 5.90 Å². The van der Waals surface area contributed by atoms with Crippen LogP contribution in [0.25, 0.3) is 16.9 Å². The third kappa shape index (κ3) is 4.75. The number of aryl methyl sites for hydroxylation is 2. The second-order valence-electron chi connectivity index (χ2n) is 7.55. The predicted molar refractivity (Wildman–Crippen MR) is 123 cm³/mol. The number of aromatic hydroxyl groups is 1. The van der Waals surface area contributed by atoms with Crippen molar-refractivity contribution < 1.29 is 22.5 Å². The molecule has 0 spiro atoms. The van der Waals surface area contributed by atoms with Crippen molar-refractivity contribution in [2.75, 3.05) is 0 Å². The molecule has 0 aliphatic rings. The fourth-order valence-corrected chi connectivity index (χ4v) is 3.92. The minimum Gasteiger partial charge on any atom is -0.504 e. The van der Waals surface area contributed by atoms with E-state index < -0.39 is 10.1 Å². The Labute approximate surface area is 191 Å². The Kier molecular flexibility index (Phi) is 6.19. The second kappa shape index (κ2) is 9.07. The minimum atomic E-state index is -4.00. The maximum absolute atomic E-state index is 11.8. The van der Waals surface area contributed by atoms with Gasteiger partial charge < -0.3 is 9.84 Å². The highest BCUT2D eigenvalue weighted by Gasteiger charge is 2.16. The van der Waals surface area contributed by atoms with Gasteiger partial charge in [0.15, 0.2) is 11.5 Å². The molecule has 8 nitrogen and oxygen atoms in total. The van der Waals surface area contributed by atoms with Crippen molar-refractivity contribution >= 4 is 10.1 Å². The van der Waals surface area contributed by atoms with Crippen LogP contribution < -0.4 is 10.6 Å². The summed E-state index contributed by atoms with van der Waals surface area (Å²) in [5, 5.41) is 14.9. The van der Waals surface area contributed by atoms with E-state index in [0.717, 1.165) is 22.4 Å². The molecule has 0 saturated heterocycles. The van der Waals surface area contributed by atoms with Crippen molar-refractivity contribution in [2.45, 2.75) is 25.3 Å². The zero-order valence-corrected chi connectivity index (χ0v) is 18.9. The molecular formula is C24H23N3O5S. The minimum absolute atomic E-state index is 0.0590. The fraction of sp³-hybridized carbons (Fsp3) is 0.125. The Hall–Kier alpha value is -3.66. The first-order valence-electron chi connectivity index (χ1n) is 10.1. The van der Waals surface area contributed by atoms with E-state index in [2.05, 4.69) is 9.38 Å². The molecule has 0 radical (unpaired) electrons. The summed E-state index contributed by atoms with van der Waals surface area (Å²) in [4.78, 5) is -0.0590. The zero-order chi connectivity index (χ0) is 23.6. The monoisotopic (exact) mass is 465 g/mol. The first-order chi connectivity index (χ1) is 15.8. The van der Waals surface area contributed by atoms with Gasteiger partial charge in [0.2, 0.25) is 0 Å². The molecule has 4 aromatic rings. The molecule has 0 saturated carbocycles. The lowest BCUT2D eigenvalue weighted by Gasteiger charge is -2.09. The van der Waals surface area contributed by atoms with E-state index in [1.807, 2.05) is 37.3 Å². The molecule has 3 aromatic carbocycles. The molecule has 33 heavy (non-hydrogen) atoms. The molecule has 0 bridgehead atoms. The second-order valence-corrected chi connectivity index (χ2v) is 9.13. The first kappa shape index (κ1) is 22.5. The lowest BCUT2D eigenvalue weighted by molar-refractivity contribution is 0.283. The van der Waals surface area contributed by atoms with Crippen molar-refractivity contribution in [3.8, 4) is 28.4 Å². The number of hydrogen-bond acceptors (Lipinski definition) is 7. The quantitative estimate of drug-likeness (QED) is 0.396. The van der Waals surface area contributed by atoms with Gasteiger partial charge in [-0.1, -0.05) is 42.0 Å².